The van der Waals surface area contributed by atoms with E-state index in [0.717, 1.165) is 48.5 Å². The smallest absolute Gasteiger partial charge is 0.335 e. The number of carbonyl (C=O) groups is 10. The van der Waals surface area contributed by atoms with Gasteiger partial charge in [-0.1, -0.05) is 182 Å². The van der Waals surface area contributed by atoms with Gasteiger partial charge in [-0.3, -0.25) is 43.2 Å². The number of nitrogens with two attached hydrogens (primary N) is 1. The van der Waals surface area contributed by atoms with Crippen molar-refractivity contribution in [2.45, 2.75) is 135 Å². The SMILES string of the molecule is CC(=O)Nc1nnc(S(=O)(=O)NC(=O)C(C)C)s1.CC(=O)Nc1nnc(S(=O)(=O)NC(=O)C(C)C)s1.CC(C)C(=O)NS(=O)(=O)c1cc(C(=O)O)ccc1Cl.CC(C)C(=O)NS(=O)(=O)c1cc(Cl)cc(Cl)c1.CC(C)C(=O)NS(=O)(=O)c1cc(Cl)cc(S(=O)(=O)NC(=O)c2ccccc2)c1.CC(C)C(=O)NS(=O)(=O)c1cc(Cl)cc(S(N)(=O)=O)c1. The highest BCUT2D eigenvalue weighted by Crippen LogP contribution is 2.28. The molecule has 5 aromatic carbocycles. The Bertz CT molecular complexity index is 5880. The van der Waals surface area contributed by atoms with Crippen molar-refractivity contribution in [3.8, 4) is 0 Å². The van der Waals surface area contributed by atoms with Crippen molar-refractivity contribution in [3.63, 3.8) is 0 Å². The number of benzene rings is 5. The highest BCUT2D eigenvalue weighted by atomic mass is 35.5. The Balaban J connectivity index is 0.000000493. The maximum absolute atomic E-state index is 12.5. The lowest BCUT2D eigenvalue weighted by Gasteiger charge is -2.12. The second-order valence-corrected chi connectivity index (χ2v) is 43.3. The molecule has 7 rings (SSSR count). The molecule has 0 radical (unpaired) electrons. The fourth-order valence-corrected chi connectivity index (χ4v) is 19.4. The van der Waals surface area contributed by atoms with E-state index < -0.39 is 187 Å². The van der Waals surface area contributed by atoms with Gasteiger partial charge in [0.05, 0.1) is 35.1 Å². The molecule has 0 fully saturated rings. The van der Waals surface area contributed by atoms with Crippen molar-refractivity contribution < 1.29 is 120 Å². The van der Waals surface area contributed by atoms with Crippen LogP contribution in [0.5, 0.6) is 0 Å². The van der Waals surface area contributed by atoms with Crippen molar-refractivity contribution in [3.05, 3.63) is 139 Å². The summed E-state index contributed by atoms with van der Waals surface area (Å²) in [6, 6.07) is 20.4. The second-order valence-electron chi connectivity index (χ2n) is 25.5. The number of aromatic nitrogens is 4. The maximum Gasteiger partial charge on any atom is 0.335 e. The minimum Gasteiger partial charge on any atom is -0.478 e. The summed E-state index contributed by atoms with van der Waals surface area (Å²) in [6.45, 7) is 21.0. The Morgan fingerprint density at radius 1 is 0.342 bits per heavy atom. The molecule has 0 bridgehead atoms. The third kappa shape index (κ3) is 35.5. The molecule has 0 spiro atoms. The number of rotatable bonds is 25. The summed E-state index contributed by atoms with van der Waals surface area (Å²) in [5.74, 6) is -10.0. The number of hydrogen-bond acceptors (Lipinski definition) is 32. The molecule has 12 N–H and O–H groups in total. The molecule has 120 heavy (non-hydrogen) atoms. The van der Waals surface area contributed by atoms with Crippen LogP contribution >= 0.6 is 80.7 Å². The highest BCUT2D eigenvalue weighted by molar-refractivity contribution is 7.93. The Morgan fingerprint density at radius 2 is 0.617 bits per heavy atom. The molecule has 0 saturated heterocycles. The molecule has 0 aliphatic rings. The third-order valence-electron chi connectivity index (χ3n) is 13.2. The minimum absolute atomic E-state index is 0.0554. The van der Waals surface area contributed by atoms with Crippen LogP contribution in [-0.4, -0.2) is 152 Å². The zero-order chi connectivity index (χ0) is 92.7. The van der Waals surface area contributed by atoms with Crippen LogP contribution in [0.15, 0.2) is 141 Å². The van der Waals surface area contributed by atoms with E-state index in [1.54, 1.807) is 59.7 Å². The number of nitrogens with one attached hydrogen (secondary N) is 9. The van der Waals surface area contributed by atoms with Crippen molar-refractivity contribution in [2.24, 2.45) is 40.6 Å². The largest absolute Gasteiger partial charge is 0.478 e. The first kappa shape index (κ1) is 107. The maximum atomic E-state index is 12.5. The number of carboxylic acid groups (broad SMARTS) is 1. The minimum atomic E-state index is -4.42. The van der Waals surface area contributed by atoms with Gasteiger partial charge in [0, 0.05) is 75.0 Å². The molecule has 0 saturated carbocycles. The summed E-state index contributed by atoms with van der Waals surface area (Å²) >= 11 is 30.0. The van der Waals surface area contributed by atoms with E-state index in [4.69, 9.17) is 68.3 Å². The third-order valence-corrected chi connectivity index (χ3v) is 27.2. The van der Waals surface area contributed by atoms with Crippen molar-refractivity contribution in [1.29, 1.82) is 0 Å². The molecule has 9 amide bonds. The number of carboxylic acids is 1. The molecule has 41 nitrogen and oxygen atoms in total. The van der Waals surface area contributed by atoms with E-state index >= 15 is 0 Å². The summed E-state index contributed by atoms with van der Waals surface area (Å²) < 4.78 is 203. The predicted molar refractivity (Wildman–Crippen MR) is 440 cm³/mol. The normalized spacial score (nSPS) is 11.7. The van der Waals surface area contributed by atoms with Crippen LogP contribution in [0.1, 0.15) is 118 Å². The molecule has 660 valence electrons. The molecule has 0 aliphatic carbocycles. The number of anilines is 2. The lowest BCUT2D eigenvalue weighted by atomic mass is 10.2. The zero-order valence-electron chi connectivity index (χ0n) is 64.7. The van der Waals surface area contributed by atoms with Crippen LogP contribution in [0, 0.1) is 35.5 Å². The first-order valence-corrected chi connectivity index (χ1v) is 48.5. The number of aromatic carboxylic acids is 1. The summed E-state index contributed by atoms with van der Waals surface area (Å²) in [6.07, 6.45) is 0. The van der Waals surface area contributed by atoms with Crippen LogP contribution < -0.4 is 48.8 Å². The number of nitrogens with zero attached hydrogens (tertiary/aromatic N) is 4. The Hall–Kier alpha value is -9.07. The molecule has 0 aliphatic heterocycles. The van der Waals surface area contributed by atoms with Gasteiger partial charge in [0.1, 0.15) is 4.90 Å². The van der Waals surface area contributed by atoms with E-state index in [1.807, 2.05) is 33.1 Å². The molecule has 56 heteroatoms. The van der Waals surface area contributed by atoms with E-state index in [9.17, 15) is 115 Å². The first-order chi connectivity index (χ1) is 54.7. The van der Waals surface area contributed by atoms with Gasteiger partial charge in [0.15, 0.2) is 0 Å². The Kier molecular flexibility index (Phi) is 40.3. The fraction of sp³-hybridized carbons (Fsp3) is 0.312. The molecular weight excluding hydrogens is 1890 g/mol. The van der Waals surface area contributed by atoms with Gasteiger partial charge in [-0.25, -0.2) is 93.5 Å². The fourth-order valence-electron chi connectivity index (χ4n) is 6.92. The van der Waals surface area contributed by atoms with Crippen molar-refractivity contribution >= 4 is 230 Å². The number of hydrogen-bond donors (Lipinski definition) is 11. The molecule has 7 aromatic rings. The molecule has 2 heterocycles. The topological polar surface area (TPSA) is 650 Å². The molecule has 2 aromatic heterocycles. The van der Waals surface area contributed by atoms with Gasteiger partial charge in [0.2, 0.25) is 67.5 Å². The Morgan fingerprint density at radius 3 is 0.917 bits per heavy atom. The average Bonchev–Trinajstić information content (AvgIpc) is 1.70. The number of sulfonamides is 8. The van der Waals surface area contributed by atoms with Gasteiger partial charge in [-0.15, -0.1) is 20.4 Å². The Labute approximate surface area is 723 Å². The van der Waals surface area contributed by atoms with Gasteiger partial charge >= 0.3 is 5.97 Å². The summed E-state index contributed by atoms with van der Waals surface area (Å²) in [5.41, 5.74) is -0.132. The predicted octanol–water partition coefficient (Wildman–Crippen LogP) is 6.24. The summed E-state index contributed by atoms with van der Waals surface area (Å²) in [4.78, 5) is 110. The van der Waals surface area contributed by atoms with Crippen LogP contribution in [0.25, 0.3) is 0 Å². The van der Waals surface area contributed by atoms with Crippen LogP contribution in [0.2, 0.25) is 25.1 Å². The zero-order valence-corrected chi connectivity index (χ0v) is 76.6. The van der Waals surface area contributed by atoms with Crippen LogP contribution in [0.4, 0.5) is 10.3 Å². The number of halogens is 5. The number of primary sulfonamides is 1. The highest BCUT2D eigenvalue weighted by Gasteiger charge is 2.31. The van der Waals surface area contributed by atoms with E-state index in [1.165, 1.54) is 91.8 Å². The molecule has 0 unspecified atom stereocenters. The van der Waals surface area contributed by atoms with Crippen molar-refractivity contribution in [1.82, 2.24) is 53.4 Å². The summed E-state index contributed by atoms with van der Waals surface area (Å²) in [5, 5.41) is 32.1. The van der Waals surface area contributed by atoms with E-state index in [2.05, 4.69) is 31.0 Å². The summed E-state index contributed by atoms with van der Waals surface area (Å²) in [7, 11) is -33.3. The lowest BCUT2D eigenvalue weighted by molar-refractivity contribution is -0.123. The number of carbonyl (C=O) groups excluding carboxylic acids is 9. The van der Waals surface area contributed by atoms with Crippen LogP contribution in [0.3, 0.4) is 0 Å². The molecular formula is C64H77Cl5N14O27S10. The van der Waals surface area contributed by atoms with Gasteiger partial charge in [-0.2, -0.15) is 16.8 Å². The van der Waals surface area contributed by atoms with Crippen LogP contribution in [-0.2, 0) is 119 Å². The van der Waals surface area contributed by atoms with E-state index in [0.29, 0.717) is 22.7 Å². The van der Waals surface area contributed by atoms with Gasteiger partial charge < -0.3 is 15.7 Å². The quantitative estimate of drug-likeness (QED) is 0.0282. The second kappa shape index (κ2) is 45.2. The lowest BCUT2D eigenvalue weighted by Crippen LogP contribution is -2.34. The monoisotopic (exact) mass is 1970 g/mol. The molecule has 0 atom stereocenters. The first-order valence-electron chi connectivity index (χ1n) is 33.0. The van der Waals surface area contributed by atoms with Crippen molar-refractivity contribution in [2.75, 3.05) is 10.6 Å². The van der Waals surface area contributed by atoms with E-state index in [-0.39, 0.29) is 71.9 Å². The van der Waals surface area contributed by atoms with Gasteiger partial charge in [0.25, 0.3) is 84.7 Å². The standard InChI is InChI=1S/C17H17ClN2O6S2.C11H12ClNO5S.C10H11Cl2NO3S.C10H13ClN2O5S2.2C8H12N4O4S2/c1-11(2)16(21)19-27(23,24)14-8-13(18)9-15(10-14)28(25,26)20-17(22)12-6-4-3-5-7-12;1-6(2)10(14)13-19(17,18)9-5-7(11(15)16)3-4-8(9)12;1-6(2)10(14)13-17(15,16)9-4-7(11)3-8(12)5-9;1-6(2)10(14)13-20(17,18)9-4-7(11)3-8(5-9)19(12,15)16;2*1-4(2)6(14)12-18(15,16)8-11-10-7(17-8)9-5(3)13/h3-11H,1-2H3,(H,19,21)(H,20,22);3-6H,1-2H3,(H,13,14)(H,15,16);3-6H,1-2H3,(H,13,14);3-6H,1-2H3,(H,13,14)(H2,12,15,16);2*4H,1-3H3,(H,12,14)(H,9,10,13). The van der Waals surface area contributed by atoms with Gasteiger partial charge in [-0.05, 0) is 84.9 Å². The number of amides is 9. The average molecular weight is 1970 g/mol.